The van der Waals surface area contributed by atoms with Gasteiger partial charge in [-0.05, 0) is 50.1 Å². The van der Waals surface area contributed by atoms with Gasteiger partial charge in [0.1, 0.15) is 0 Å². The first-order valence-corrected chi connectivity index (χ1v) is 9.08. The van der Waals surface area contributed by atoms with Crippen LogP contribution in [0.1, 0.15) is 34.3 Å². The molecule has 1 saturated heterocycles. The summed E-state index contributed by atoms with van der Waals surface area (Å²) in [6, 6.07) is 11.8. The van der Waals surface area contributed by atoms with Crippen LogP contribution in [-0.4, -0.2) is 29.8 Å². The van der Waals surface area contributed by atoms with Gasteiger partial charge in [0, 0.05) is 24.3 Å². The fourth-order valence-corrected chi connectivity index (χ4v) is 3.35. The van der Waals surface area contributed by atoms with Crippen molar-refractivity contribution in [1.29, 1.82) is 0 Å². The fraction of sp³-hybridized carbons (Fsp3) is 0.333. The number of hydrogen-bond acceptors (Lipinski definition) is 2. The highest BCUT2D eigenvalue weighted by atomic mass is 19.4. The van der Waals surface area contributed by atoms with Gasteiger partial charge in [-0.25, -0.2) is 0 Å². The molecule has 148 valence electrons. The number of rotatable bonds is 3. The number of anilines is 1. The van der Waals surface area contributed by atoms with Gasteiger partial charge in [0.15, 0.2) is 0 Å². The average Bonchev–Trinajstić information content (AvgIpc) is 2.67. The number of hydrogen-bond donors (Lipinski definition) is 1. The molecule has 0 spiro atoms. The van der Waals surface area contributed by atoms with E-state index in [1.807, 2.05) is 19.1 Å². The fourth-order valence-electron chi connectivity index (χ4n) is 3.35. The van der Waals surface area contributed by atoms with Crippen molar-refractivity contribution in [2.45, 2.75) is 25.9 Å². The summed E-state index contributed by atoms with van der Waals surface area (Å²) in [6.45, 7) is 2.70. The molecule has 4 nitrogen and oxygen atoms in total. The second-order valence-corrected chi connectivity index (χ2v) is 7.03. The van der Waals surface area contributed by atoms with Crippen LogP contribution in [-0.2, 0) is 11.0 Å². The second-order valence-electron chi connectivity index (χ2n) is 7.03. The molecule has 0 aliphatic carbocycles. The number of alkyl halides is 3. The van der Waals surface area contributed by atoms with Crippen LogP contribution >= 0.6 is 0 Å². The summed E-state index contributed by atoms with van der Waals surface area (Å²) in [5, 5.41) is 2.56. The normalized spacial score (nSPS) is 17.3. The largest absolute Gasteiger partial charge is 0.416 e. The van der Waals surface area contributed by atoms with Crippen LogP contribution in [0.5, 0.6) is 0 Å². The smallest absolute Gasteiger partial charge is 0.338 e. The number of benzene rings is 2. The lowest BCUT2D eigenvalue weighted by atomic mass is 9.96. The average molecular weight is 390 g/mol. The topological polar surface area (TPSA) is 49.4 Å². The number of likely N-dealkylation sites (tertiary alicyclic amines) is 1. The Balaban J connectivity index is 1.67. The number of piperidine rings is 1. The Labute approximate surface area is 161 Å². The summed E-state index contributed by atoms with van der Waals surface area (Å²) >= 11 is 0. The Morgan fingerprint density at radius 3 is 2.57 bits per heavy atom. The molecule has 1 unspecified atom stereocenters. The van der Waals surface area contributed by atoms with Crippen molar-refractivity contribution >= 4 is 17.5 Å². The van der Waals surface area contributed by atoms with E-state index < -0.39 is 17.7 Å². The maximum Gasteiger partial charge on any atom is 0.416 e. The van der Waals surface area contributed by atoms with Crippen molar-refractivity contribution in [3.05, 3.63) is 65.2 Å². The molecule has 1 fully saturated rings. The molecule has 1 N–H and O–H groups in total. The van der Waals surface area contributed by atoms with Crippen molar-refractivity contribution < 1.29 is 22.8 Å². The number of nitrogens with one attached hydrogen (secondary N) is 1. The molecule has 0 radical (unpaired) electrons. The standard InChI is InChI=1S/C21H21F3N2O2/c1-14-5-2-6-15(11-14)20(28)26-10-4-7-16(13-26)19(27)25-18-9-3-8-17(12-18)21(22,23)24/h2-3,5-6,8-9,11-12,16H,4,7,10,13H2,1H3,(H,25,27). The highest BCUT2D eigenvalue weighted by Crippen LogP contribution is 2.31. The van der Waals surface area contributed by atoms with E-state index in [1.54, 1.807) is 17.0 Å². The highest BCUT2D eigenvalue weighted by Gasteiger charge is 2.32. The Morgan fingerprint density at radius 2 is 1.86 bits per heavy atom. The van der Waals surface area contributed by atoms with Crippen LogP contribution in [0.4, 0.5) is 18.9 Å². The van der Waals surface area contributed by atoms with E-state index in [4.69, 9.17) is 0 Å². The van der Waals surface area contributed by atoms with E-state index in [9.17, 15) is 22.8 Å². The van der Waals surface area contributed by atoms with Gasteiger partial charge in [-0.1, -0.05) is 23.8 Å². The minimum Gasteiger partial charge on any atom is -0.338 e. The first-order valence-electron chi connectivity index (χ1n) is 9.08. The number of aryl methyl sites for hydroxylation is 1. The van der Waals surface area contributed by atoms with Gasteiger partial charge in [0.25, 0.3) is 5.91 Å². The lowest BCUT2D eigenvalue weighted by Crippen LogP contribution is -2.43. The molecule has 1 atom stereocenters. The van der Waals surface area contributed by atoms with E-state index in [0.717, 1.165) is 17.7 Å². The summed E-state index contributed by atoms with van der Waals surface area (Å²) in [4.78, 5) is 26.9. The molecule has 1 aliphatic heterocycles. The summed E-state index contributed by atoms with van der Waals surface area (Å²) in [5.74, 6) is -0.974. The molecule has 2 aromatic carbocycles. The van der Waals surface area contributed by atoms with Crippen molar-refractivity contribution in [2.75, 3.05) is 18.4 Å². The molecule has 0 bridgehead atoms. The third-order valence-electron chi connectivity index (χ3n) is 4.80. The Kier molecular flexibility index (Phi) is 5.72. The zero-order chi connectivity index (χ0) is 20.3. The number of nitrogens with zero attached hydrogens (tertiary/aromatic N) is 1. The van der Waals surface area contributed by atoms with E-state index in [1.165, 1.54) is 12.1 Å². The van der Waals surface area contributed by atoms with Crippen LogP contribution in [0.25, 0.3) is 0 Å². The minimum absolute atomic E-state index is 0.0990. The van der Waals surface area contributed by atoms with Gasteiger partial charge in [0.05, 0.1) is 11.5 Å². The molecule has 2 aromatic rings. The quantitative estimate of drug-likeness (QED) is 0.839. The summed E-state index contributed by atoms with van der Waals surface area (Å²) in [7, 11) is 0. The molecule has 1 heterocycles. The van der Waals surface area contributed by atoms with Gasteiger partial charge in [-0.3, -0.25) is 9.59 Å². The first-order chi connectivity index (χ1) is 13.2. The lowest BCUT2D eigenvalue weighted by molar-refractivity contribution is -0.137. The van der Waals surface area contributed by atoms with Crippen molar-refractivity contribution in [1.82, 2.24) is 4.90 Å². The maximum atomic E-state index is 12.8. The van der Waals surface area contributed by atoms with E-state index in [-0.39, 0.29) is 24.0 Å². The lowest BCUT2D eigenvalue weighted by Gasteiger charge is -2.32. The van der Waals surface area contributed by atoms with Gasteiger partial charge < -0.3 is 10.2 Å². The van der Waals surface area contributed by atoms with E-state index >= 15 is 0 Å². The molecule has 0 saturated carbocycles. The van der Waals surface area contributed by atoms with Crippen molar-refractivity contribution in [3.8, 4) is 0 Å². The molecular formula is C21H21F3N2O2. The number of halogens is 3. The number of carbonyl (C=O) groups is 2. The minimum atomic E-state index is -4.47. The summed E-state index contributed by atoms with van der Waals surface area (Å²) in [6.07, 6.45) is -3.22. The first kappa shape index (κ1) is 19.9. The predicted molar refractivity (Wildman–Crippen MR) is 99.9 cm³/mol. The zero-order valence-electron chi connectivity index (χ0n) is 15.4. The Hall–Kier alpha value is -2.83. The van der Waals surface area contributed by atoms with Crippen LogP contribution in [0.15, 0.2) is 48.5 Å². The molecule has 2 amide bonds. The van der Waals surface area contributed by atoms with Crippen molar-refractivity contribution in [2.24, 2.45) is 5.92 Å². The third kappa shape index (κ3) is 4.71. The van der Waals surface area contributed by atoms with Gasteiger partial charge in [-0.2, -0.15) is 13.2 Å². The molecule has 3 rings (SSSR count). The second kappa shape index (κ2) is 8.04. The van der Waals surface area contributed by atoms with E-state index in [2.05, 4.69) is 5.32 Å². The predicted octanol–water partition coefficient (Wildman–Crippen LogP) is 4.50. The molecular weight excluding hydrogens is 369 g/mol. The van der Waals surface area contributed by atoms with E-state index in [0.29, 0.717) is 24.9 Å². The number of carbonyl (C=O) groups excluding carboxylic acids is 2. The SMILES string of the molecule is Cc1cccc(C(=O)N2CCCC(C(=O)Nc3cccc(C(F)(F)F)c3)C2)c1. The van der Waals surface area contributed by atoms with Crippen molar-refractivity contribution in [3.63, 3.8) is 0 Å². The molecule has 28 heavy (non-hydrogen) atoms. The van der Waals surface area contributed by atoms with Crippen LogP contribution < -0.4 is 5.32 Å². The van der Waals surface area contributed by atoms with Gasteiger partial charge in [0.2, 0.25) is 5.91 Å². The highest BCUT2D eigenvalue weighted by molar-refractivity contribution is 5.96. The molecule has 7 heteroatoms. The monoisotopic (exact) mass is 390 g/mol. The summed E-state index contributed by atoms with van der Waals surface area (Å²) < 4.78 is 38.5. The van der Waals surface area contributed by atoms with Crippen LogP contribution in [0.2, 0.25) is 0 Å². The maximum absolute atomic E-state index is 12.8. The van der Waals surface area contributed by atoms with Gasteiger partial charge >= 0.3 is 6.18 Å². The number of amides is 2. The summed E-state index contributed by atoms with van der Waals surface area (Å²) in [5.41, 5.74) is 0.827. The third-order valence-corrected chi connectivity index (χ3v) is 4.80. The molecule has 0 aromatic heterocycles. The van der Waals surface area contributed by atoms with Gasteiger partial charge in [-0.15, -0.1) is 0 Å². The molecule has 1 aliphatic rings. The Morgan fingerprint density at radius 1 is 1.11 bits per heavy atom. The Bertz CT molecular complexity index is 880. The zero-order valence-corrected chi connectivity index (χ0v) is 15.4. The van der Waals surface area contributed by atoms with Crippen LogP contribution in [0.3, 0.4) is 0 Å². The van der Waals surface area contributed by atoms with Crippen LogP contribution in [0, 0.1) is 12.8 Å².